The first-order valence-electron chi connectivity index (χ1n) is 15.0. The largest absolute Gasteiger partial charge is 0.467 e. The van der Waals surface area contributed by atoms with Crippen molar-refractivity contribution in [2.75, 3.05) is 32.8 Å². The molecule has 1 aromatic heterocycles. The molecule has 0 saturated carbocycles. The molecule has 2 heterocycles. The zero-order chi connectivity index (χ0) is 35.7. The molecule has 1 amide bonds. The van der Waals surface area contributed by atoms with Crippen molar-refractivity contribution in [3.63, 3.8) is 0 Å². The Morgan fingerprint density at radius 1 is 1.14 bits per heavy atom. The van der Waals surface area contributed by atoms with E-state index in [1.807, 2.05) is 6.07 Å². The number of halogens is 5. The van der Waals surface area contributed by atoms with Gasteiger partial charge in [0.05, 0.1) is 42.5 Å². The van der Waals surface area contributed by atoms with Crippen LogP contribution < -0.4 is 10.6 Å². The normalized spacial score (nSPS) is 16.4. The minimum atomic E-state index is -4.91. The van der Waals surface area contributed by atoms with Gasteiger partial charge in [0, 0.05) is 30.0 Å². The first-order chi connectivity index (χ1) is 23.4. The molecule has 3 N–H and O–H groups in total. The molecular weight excluding hydrogens is 674 g/mol. The van der Waals surface area contributed by atoms with Crippen molar-refractivity contribution in [1.82, 2.24) is 15.3 Å². The smallest absolute Gasteiger partial charge is 0.417 e. The van der Waals surface area contributed by atoms with Gasteiger partial charge >= 0.3 is 18.1 Å². The van der Waals surface area contributed by atoms with Crippen molar-refractivity contribution < 1.29 is 46.2 Å². The maximum atomic E-state index is 14.6. The Balaban J connectivity index is 1.69. The highest BCUT2D eigenvalue weighted by Gasteiger charge is 2.34. The predicted molar refractivity (Wildman–Crippen MR) is 170 cm³/mol. The molecule has 49 heavy (non-hydrogen) atoms. The van der Waals surface area contributed by atoms with Gasteiger partial charge in [-0.1, -0.05) is 36.6 Å². The molecule has 4 rings (SSSR count). The number of nitrogens with one attached hydrogen (secondary N) is 3. The standard InChI is InChI=1S/C33H32ClF4N5O6/c1-47-13-14-49-28(45)16-18-7-8-20-25(15-18)40-24(32(46)48-2)6-4-3-5-23(31-42-26(17-39)30(20)43-31)41-27(44)12-9-19-21(33(36,37)38)10-11-22(34)29(19)35/h7-12,15,23-24,40H,3-6,13-14,16H2,1-2H3,(H,41,44)(H,42,43)/b12-9+/t23-,24+/m0/s1. The lowest BCUT2D eigenvalue weighted by Gasteiger charge is -2.22. The van der Waals surface area contributed by atoms with Crippen molar-refractivity contribution in [3.8, 4) is 17.3 Å². The first kappa shape index (κ1) is 36.9. The van der Waals surface area contributed by atoms with E-state index < -0.39 is 58.1 Å². The van der Waals surface area contributed by atoms with Crippen LogP contribution in [0.4, 0.5) is 23.2 Å². The maximum absolute atomic E-state index is 14.6. The molecule has 2 aromatic carbocycles. The van der Waals surface area contributed by atoms with E-state index in [1.54, 1.807) is 18.2 Å². The lowest BCUT2D eigenvalue weighted by Crippen LogP contribution is -2.31. The van der Waals surface area contributed by atoms with Crippen molar-refractivity contribution >= 4 is 41.2 Å². The molecular formula is C33H32ClF4N5O6. The monoisotopic (exact) mass is 705 g/mol. The van der Waals surface area contributed by atoms with Crippen molar-refractivity contribution in [2.24, 2.45) is 0 Å². The lowest BCUT2D eigenvalue weighted by atomic mass is 10.00. The molecule has 11 nitrogen and oxygen atoms in total. The Morgan fingerprint density at radius 2 is 1.90 bits per heavy atom. The first-order valence-corrected chi connectivity index (χ1v) is 15.4. The van der Waals surface area contributed by atoms with E-state index in [1.165, 1.54) is 14.2 Å². The van der Waals surface area contributed by atoms with Gasteiger partial charge in [-0.2, -0.15) is 18.4 Å². The molecule has 0 aliphatic carbocycles. The van der Waals surface area contributed by atoms with Gasteiger partial charge in [0.2, 0.25) is 5.91 Å². The number of hydrogen-bond donors (Lipinski definition) is 3. The van der Waals surface area contributed by atoms with Crippen LogP contribution in [0.1, 0.15) is 59.9 Å². The van der Waals surface area contributed by atoms with Gasteiger partial charge in [0.25, 0.3) is 0 Å². The van der Waals surface area contributed by atoms with Crippen LogP contribution in [0.3, 0.4) is 0 Å². The number of ether oxygens (including phenoxy) is 3. The minimum absolute atomic E-state index is 0.0516. The van der Waals surface area contributed by atoms with Crippen LogP contribution in [0.5, 0.6) is 0 Å². The number of aromatic amines is 1. The van der Waals surface area contributed by atoms with Crippen LogP contribution in [-0.2, 0) is 41.2 Å². The fourth-order valence-electron chi connectivity index (χ4n) is 5.24. The van der Waals surface area contributed by atoms with E-state index >= 15 is 0 Å². The second-order valence-corrected chi connectivity index (χ2v) is 11.4. The van der Waals surface area contributed by atoms with Crippen LogP contribution in [0.25, 0.3) is 17.3 Å². The molecule has 0 unspecified atom stereocenters. The SMILES string of the molecule is COCCOC(=O)Cc1ccc2c(c1)N[C@@H](C(=O)OC)CCCC[C@H](NC(=O)/C=C/c1c(C(F)(F)F)ccc(Cl)c1F)c1nc(C#N)c-2[nH]1. The van der Waals surface area contributed by atoms with Gasteiger partial charge in [-0.3, -0.25) is 9.59 Å². The summed E-state index contributed by atoms with van der Waals surface area (Å²) in [5.41, 5.74) is -0.670. The van der Waals surface area contributed by atoms with E-state index in [-0.39, 0.29) is 43.3 Å². The number of carbonyl (C=O) groups excluding carboxylic acids is 3. The number of H-pyrrole nitrogens is 1. The Bertz CT molecular complexity index is 1770. The van der Waals surface area contributed by atoms with E-state index in [2.05, 4.69) is 20.6 Å². The minimum Gasteiger partial charge on any atom is -0.467 e. The number of fused-ring (bicyclic) bond motifs is 4. The number of aromatic nitrogens is 2. The molecule has 2 atom stereocenters. The number of imidazole rings is 1. The average molecular weight is 706 g/mol. The quantitative estimate of drug-likeness (QED) is 0.107. The molecule has 0 saturated heterocycles. The van der Waals surface area contributed by atoms with Crippen LogP contribution in [0.2, 0.25) is 5.02 Å². The summed E-state index contributed by atoms with van der Waals surface area (Å²) in [6.07, 6.45) is -2.11. The van der Waals surface area contributed by atoms with Gasteiger partial charge in [-0.05, 0) is 42.7 Å². The summed E-state index contributed by atoms with van der Waals surface area (Å²) in [7, 11) is 2.72. The van der Waals surface area contributed by atoms with Gasteiger partial charge < -0.3 is 29.8 Å². The van der Waals surface area contributed by atoms with Crippen molar-refractivity contribution in [3.05, 3.63) is 75.5 Å². The molecule has 1 aliphatic rings. The third-order valence-corrected chi connectivity index (χ3v) is 7.91. The molecule has 260 valence electrons. The Hall–Kier alpha value is -4.94. The highest BCUT2D eigenvalue weighted by molar-refractivity contribution is 6.31. The molecule has 0 radical (unpaired) electrons. The fraction of sp³-hybridized carbons (Fsp3) is 0.364. The van der Waals surface area contributed by atoms with Crippen molar-refractivity contribution in [2.45, 2.75) is 50.4 Å². The number of methoxy groups -OCH3 is 2. The van der Waals surface area contributed by atoms with E-state index in [9.17, 15) is 37.2 Å². The Morgan fingerprint density at radius 3 is 2.59 bits per heavy atom. The fourth-order valence-corrected chi connectivity index (χ4v) is 5.40. The maximum Gasteiger partial charge on any atom is 0.417 e. The second kappa shape index (κ2) is 16.4. The topological polar surface area (TPSA) is 155 Å². The summed E-state index contributed by atoms with van der Waals surface area (Å²) in [6.45, 7) is 0.305. The number of anilines is 1. The number of nitriles is 1. The van der Waals surface area contributed by atoms with Crippen LogP contribution in [0.15, 0.2) is 36.4 Å². The number of nitrogens with zero attached hydrogens (tertiary/aromatic N) is 2. The summed E-state index contributed by atoms with van der Waals surface area (Å²) in [4.78, 5) is 45.6. The molecule has 3 aromatic rings. The predicted octanol–water partition coefficient (Wildman–Crippen LogP) is 5.89. The van der Waals surface area contributed by atoms with E-state index in [4.69, 9.17) is 25.8 Å². The lowest BCUT2D eigenvalue weighted by molar-refractivity contribution is -0.144. The number of benzene rings is 2. The van der Waals surface area contributed by atoms with Gasteiger partial charge in [0.15, 0.2) is 5.69 Å². The highest BCUT2D eigenvalue weighted by atomic mass is 35.5. The second-order valence-electron chi connectivity index (χ2n) is 10.9. The van der Waals surface area contributed by atoms with Gasteiger partial charge in [-0.15, -0.1) is 0 Å². The number of hydrogen-bond acceptors (Lipinski definition) is 9. The number of carbonyl (C=O) groups is 3. The molecule has 0 fully saturated rings. The third kappa shape index (κ3) is 9.36. The van der Waals surface area contributed by atoms with Gasteiger partial charge in [-0.25, -0.2) is 14.2 Å². The zero-order valence-corrected chi connectivity index (χ0v) is 27.1. The summed E-state index contributed by atoms with van der Waals surface area (Å²) in [5.74, 6) is -3.08. The zero-order valence-electron chi connectivity index (χ0n) is 26.4. The van der Waals surface area contributed by atoms with Crippen LogP contribution in [-0.4, -0.2) is 61.3 Å². The third-order valence-electron chi connectivity index (χ3n) is 7.62. The number of alkyl halides is 3. The van der Waals surface area contributed by atoms with E-state index in [0.29, 0.717) is 48.2 Å². The Labute approximate surface area is 283 Å². The molecule has 16 heteroatoms. The summed E-state index contributed by atoms with van der Waals surface area (Å²) >= 11 is 5.70. The highest BCUT2D eigenvalue weighted by Crippen LogP contribution is 2.37. The molecule has 0 spiro atoms. The number of rotatable bonds is 9. The summed E-state index contributed by atoms with van der Waals surface area (Å²) in [5, 5.41) is 15.3. The summed E-state index contributed by atoms with van der Waals surface area (Å²) < 4.78 is 70.3. The van der Waals surface area contributed by atoms with Gasteiger partial charge in [0.1, 0.15) is 30.4 Å². The number of amides is 1. The van der Waals surface area contributed by atoms with E-state index in [0.717, 1.165) is 12.1 Å². The Kier molecular flexibility index (Phi) is 12.4. The van der Waals surface area contributed by atoms with Crippen LogP contribution >= 0.6 is 11.6 Å². The van der Waals surface area contributed by atoms with Crippen LogP contribution in [0, 0.1) is 17.1 Å². The number of esters is 2. The van der Waals surface area contributed by atoms with Crippen molar-refractivity contribution in [1.29, 1.82) is 5.26 Å². The summed E-state index contributed by atoms with van der Waals surface area (Å²) in [6, 6.07) is 6.64. The molecule has 1 aliphatic heterocycles. The average Bonchev–Trinajstić information content (AvgIpc) is 3.49. The molecule has 2 bridgehead atoms.